The third kappa shape index (κ3) is 5.11. The Kier molecular flexibility index (Phi) is 7.71. The number of hydrogen-bond donors (Lipinski definition) is 1. The molecule has 3 saturated heterocycles. The van der Waals surface area contributed by atoms with Gasteiger partial charge in [-0.05, 0) is 73.2 Å². The van der Waals surface area contributed by atoms with Gasteiger partial charge in [0.2, 0.25) is 0 Å². The van der Waals surface area contributed by atoms with Gasteiger partial charge < -0.3 is 14.6 Å². The first kappa shape index (κ1) is 23.1. The molecule has 32 heavy (non-hydrogen) atoms. The molecule has 3 aliphatic rings. The maximum atomic E-state index is 11.4. The van der Waals surface area contributed by atoms with Crippen molar-refractivity contribution in [3.8, 4) is 5.75 Å². The van der Waals surface area contributed by atoms with Crippen LogP contribution in [0.4, 0.5) is 0 Å². The Morgan fingerprint density at radius 3 is 3.03 bits per heavy atom. The van der Waals surface area contributed by atoms with Gasteiger partial charge >= 0.3 is 5.97 Å². The van der Waals surface area contributed by atoms with Gasteiger partial charge in [0, 0.05) is 36.0 Å². The summed E-state index contributed by atoms with van der Waals surface area (Å²) in [6, 6.07) is 7.92. The van der Waals surface area contributed by atoms with Gasteiger partial charge in [0.1, 0.15) is 12.4 Å². The van der Waals surface area contributed by atoms with Gasteiger partial charge in [-0.1, -0.05) is 6.58 Å². The molecule has 2 aromatic rings. The number of piperidine rings is 3. The second kappa shape index (κ2) is 10.7. The molecule has 0 aliphatic carbocycles. The zero-order valence-corrected chi connectivity index (χ0v) is 19.4. The Hall–Kier alpha value is -2.09. The summed E-state index contributed by atoms with van der Waals surface area (Å²) in [5, 5.41) is 12.4. The van der Waals surface area contributed by atoms with E-state index in [1.54, 1.807) is 13.3 Å². The lowest BCUT2D eigenvalue weighted by molar-refractivity contribution is -0.137. The number of esters is 1. The number of fused-ring (bicyclic) bond motifs is 4. The van der Waals surface area contributed by atoms with Crippen molar-refractivity contribution in [2.75, 3.05) is 38.3 Å². The molecule has 6 nitrogen and oxygen atoms in total. The van der Waals surface area contributed by atoms with Crippen molar-refractivity contribution in [1.29, 1.82) is 0 Å². The molecule has 5 rings (SSSR count). The van der Waals surface area contributed by atoms with Crippen LogP contribution >= 0.6 is 11.8 Å². The summed E-state index contributed by atoms with van der Waals surface area (Å²) in [6.45, 7) is 5.95. The van der Waals surface area contributed by atoms with Crippen LogP contribution in [0.5, 0.6) is 5.75 Å². The molecule has 172 valence electrons. The number of pyridine rings is 1. The van der Waals surface area contributed by atoms with Crippen LogP contribution < -0.4 is 4.74 Å². The predicted octanol–water partition coefficient (Wildman–Crippen LogP) is 3.84. The predicted molar refractivity (Wildman–Crippen MR) is 128 cm³/mol. The van der Waals surface area contributed by atoms with Gasteiger partial charge in [-0.2, -0.15) is 11.8 Å². The minimum absolute atomic E-state index is 0.146. The molecule has 1 aromatic carbocycles. The van der Waals surface area contributed by atoms with Crippen molar-refractivity contribution >= 4 is 28.6 Å². The molecule has 3 fully saturated rings. The van der Waals surface area contributed by atoms with Crippen LogP contribution in [0.15, 0.2) is 43.1 Å². The second-order valence-corrected chi connectivity index (χ2v) is 9.83. The quantitative estimate of drug-likeness (QED) is 0.331. The van der Waals surface area contributed by atoms with Crippen molar-refractivity contribution < 1.29 is 19.4 Å². The van der Waals surface area contributed by atoms with Crippen molar-refractivity contribution in [3.05, 3.63) is 48.7 Å². The monoisotopic (exact) mass is 456 g/mol. The van der Waals surface area contributed by atoms with E-state index >= 15 is 0 Å². The summed E-state index contributed by atoms with van der Waals surface area (Å²) < 4.78 is 10.4. The van der Waals surface area contributed by atoms with Crippen molar-refractivity contribution in [2.24, 2.45) is 11.8 Å². The van der Waals surface area contributed by atoms with Crippen molar-refractivity contribution in [1.82, 2.24) is 9.88 Å². The summed E-state index contributed by atoms with van der Waals surface area (Å²) in [4.78, 5) is 18.0. The standard InChI is InChI=1S/C25H32N2O4S/c1-3-24(28)31-11-13-32-12-8-18-16-27-10-7-17(18)14-23(27)25(29)20-6-9-26-22-5-4-19(30-2)15-21(20)22/h3-6,9,15,17-18,23,25,29H,1,7-8,10-14,16H2,2H3/t17-,18-,23+,25-/m0/s1. The van der Waals surface area contributed by atoms with E-state index in [2.05, 4.69) is 16.5 Å². The molecule has 0 radical (unpaired) electrons. The molecule has 4 heterocycles. The zero-order chi connectivity index (χ0) is 22.5. The number of ether oxygens (including phenoxy) is 2. The SMILES string of the molecule is C=CC(=O)OCCSCC[C@H]1CN2CC[C@H]1C[C@@H]2[C@@H](O)c1ccnc2ccc(OC)cc12. The summed E-state index contributed by atoms with van der Waals surface area (Å²) in [5.41, 5.74) is 1.82. The van der Waals surface area contributed by atoms with Crippen LogP contribution in [-0.2, 0) is 9.53 Å². The van der Waals surface area contributed by atoms with Gasteiger partial charge in [-0.15, -0.1) is 0 Å². The lowest BCUT2D eigenvalue weighted by Gasteiger charge is -2.51. The smallest absolute Gasteiger partial charge is 0.330 e. The minimum atomic E-state index is -0.537. The van der Waals surface area contributed by atoms with Gasteiger partial charge in [-0.3, -0.25) is 9.88 Å². The van der Waals surface area contributed by atoms with Crippen LogP contribution in [0.1, 0.15) is 30.9 Å². The molecule has 0 saturated carbocycles. The number of aromatic nitrogens is 1. The number of hydrogen-bond acceptors (Lipinski definition) is 7. The van der Waals surface area contributed by atoms with E-state index in [1.165, 1.54) is 18.9 Å². The normalized spacial score (nSPS) is 25.4. The molecular weight excluding hydrogens is 424 g/mol. The van der Waals surface area contributed by atoms with Crippen molar-refractivity contribution in [2.45, 2.75) is 31.4 Å². The molecular formula is C25H32N2O4S. The largest absolute Gasteiger partial charge is 0.497 e. The zero-order valence-electron chi connectivity index (χ0n) is 18.6. The highest BCUT2D eigenvalue weighted by atomic mass is 32.2. The van der Waals surface area contributed by atoms with Crippen molar-refractivity contribution in [3.63, 3.8) is 0 Å². The van der Waals surface area contributed by atoms with E-state index < -0.39 is 6.10 Å². The number of benzene rings is 1. The number of methoxy groups -OCH3 is 1. The van der Waals surface area contributed by atoms with E-state index in [1.807, 2.05) is 36.0 Å². The number of rotatable bonds is 10. The highest BCUT2D eigenvalue weighted by molar-refractivity contribution is 7.99. The molecule has 3 aliphatic heterocycles. The van der Waals surface area contributed by atoms with Crippen LogP contribution in [0.25, 0.3) is 10.9 Å². The highest BCUT2D eigenvalue weighted by Gasteiger charge is 2.43. The lowest BCUT2D eigenvalue weighted by atomic mass is 9.72. The van der Waals surface area contributed by atoms with E-state index in [-0.39, 0.29) is 12.0 Å². The number of carbonyl (C=O) groups excluding carboxylic acids is 1. The van der Waals surface area contributed by atoms with Crippen LogP contribution in [-0.4, -0.2) is 65.3 Å². The van der Waals surface area contributed by atoms with E-state index in [0.717, 1.165) is 53.2 Å². The Bertz CT molecular complexity index is 953. The molecule has 1 N–H and O–H groups in total. The van der Waals surface area contributed by atoms with E-state index in [9.17, 15) is 9.90 Å². The topological polar surface area (TPSA) is 71.9 Å². The fraction of sp³-hybridized carbons (Fsp3) is 0.520. The summed E-state index contributed by atoms with van der Waals surface area (Å²) in [6.07, 6.45) is 5.86. The first-order chi connectivity index (χ1) is 15.6. The minimum Gasteiger partial charge on any atom is -0.497 e. The molecule has 2 bridgehead atoms. The molecule has 1 unspecified atom stereocenters. The lowest BCUT2D eigenvalue weighted by Crippen LogP contribution is -2.55. The third-order valence-corrected chi connectivity index (χ3v) is 7.85. The number of aliphatic hydroxyl groups excluding tert-OH is 1. The second-order valence-electron chi connectivity index (χ2n) is 8.61. The number of carbonyl (C=O) groups is 1. The molecule has 0 amide bonds. The Morgan fingerprint density at radius 1 is 1.41 bits per heavy atom. The van der Waals surface area contributed by atoms with Crippen LogP contribution in [0, 0.1) is 11.8 Å². The maximum absolute atomic E-state index is 11.4. The van der Waals surface area contributed by atoms with Gasteiger partial charge in [0.05, 0.1) is 18.7 Å². The fourth-order valence-electron chi connectivity index (χ4n) is 5.17. The molecule has 7 heteroatoms. The highest BCUT2D eigenvalue weighted by Crippen LogP contribution is 2.43. The summed E-state index contributed by atoms with van der Waals surface area (Å²) in [5.74, 6) is 3.64. The van der Waals surface area contributed by atoms with E-state index in [4.69, 9.17) is 9.47 Å². The Labute approximate surface area is 194 Å². The van der Waals surface area contributed by atoms with Gasteiger partial charge in [0.25, 0.3) is 0 Å². The summed E-state index contributed by atoms with van der Waals surface area (Å²) in [7, 11) is 1.66. The average Bonchev–Trinajstić information content (AvgIpc) is 2.85. The third-order valence-electron chi connectivity index (χ3n) is 6.87. The van der Waals surface area contributed by atoms with Gasteiger partial charge in [-0.25, -0.2) is 4.79 Å². The van der Waals surface area contributed by atoms with Crippen LogP contribution in [0.3, 0.4) is 0 Å². The first-order valence-electron chi connectivity index (χ1n) is 11.3. The van der Waals surface area contributed by atoms with Gasteiger partial charge in [0.15, 0.2) is 0 Å². The Balaban J connectivity index is 1.34. The number of nitrogens with zero attached hydrogens (tertiary/aromatic N) is 2. The molecule has 1 aromatic heterocycles. The van der Waals surface area contributed by atoms with E-state index in [0.29, 0.717) is 18.4 Å². The number of aliphatic hydroxyl groups is 1. The maximum Gasteiger partial charge on any atom is 0.330 e. The summed E-state index contributed by atoms with van der Waals surface area (Å²) >= 11 is 1.84. The van der Waals surface area contributed by atoms with Crippen LogP contribution in [0.2, 0.25) is 0 Å². The average molecular weight is 457 g/mol. The first-order valence-corrected chi connectivity index (χ1v) is 12.5. The number of thioether (sulfide) groups is 1. The molecule has 0 spiro atoms. The molecule has 5 atom stereocenters. The fourth-order valence-corrected chi connectivity index (χ4v) is 6.05. The Morgan fingerprint density at radius 2 is 2.28 bits per heavy atom.